The number of halogens is 1. The first-order valence-corrected chi connectivity index (χ1v) is 11.3. The molecule has 1 saturated heterocycles. The number of ether oxygens (including phenoxy) is 1. The average molecular weight is 449 g/mol. The Morgan fingerprint density at radius 1 is 1.18 bits per heavy atom. The van der Waals surface area contributed by atoms with E-state index in [0.717, 1.165) is 21.9 Å². The van der Waals surface area contributed by atoms with Crippen LogP contribution in [-0.4, -0.2) is 24.5 Å². The maximum Gasteiger partial charge on any atom is 0.220 e. The van der Waals surface area contributed by atoms with E-state index in [9.17, 15) is 14.0 Å². The highest BCUT2D eigenvalue weighted by molar-refractivity contribution is 5.87. The van der Waals surface area contributed by atoms with Gasteiger partial charge in [-0.2, -0.15) is 0 Å². The summed E-state index contributed by atoms with van der Waals surface area (Å²) in [7, 11) is 1.43. The Morgan fingerprint density at radius 3 is 2.73 bits per heavy atom. The molecule has 5 nitrogen and oxygen atoms in total. The molecule has 33 heavy (non-hydrogen) atoms. The van der Waals surface area contributed by atoms with Crippen molar-refractivity contribution in [2.24, 2.45) is 0 Å². The third kappa shape index (κ3) is 5.16. The van der Waals surface area contributed by atoms with Crippen LogP contribution in [0.4, 0.5) is 4.39 Å². The van der Waals surface area contributed by atoms with Crippen LogP contribution >= 0.6 is 0 Å². The Bertz CT molecular complexity index is 1170. The van der Waals surface area contributed by atoms with Crippen LogP contribution in [0.3, 0.4) is 0 Å². The van der Waals surface area contributed by atoms with Gasteiger partial charge in [0, 0.05) is 18.4 Å². The lowest BCUT2D eigenvalue weighted by Crippen LogP contribution is -2.44. The molecule has 0 aliphatic carbocycles. The van der Waals surface area contributed by atoms with E-state index in [4.69, 9.17) is 4.74 Å². The molecule has 4 rings (SSSR count). The van der Waals surface area contributed by atoms with Crippen LogP contribution in [-0.2, 0) is 16.0 Å². The fourth-order valence-electron chi connectivity index (χ4n) is 4.76. The molecule has 0 radical (unpaired) electrons. The number of benzene rings is 3. The highest BCUT2D eigenvalue weighted by Gasteiger charge is 2.38. The zero-order chi connectivity index (χ0) is 23.4. The number of carbonyl (C=O) groups excluding carboxylic acids is 2. The summed E-state index contributed by atoms with van der Waals surface area (Å²) >= 11 is 0. The number of fused-ring (bicyclic) bond motifs is 1. The van der Waals surface area contributed by atoms with Crippen molar-refractivity contribution in [2.75, 3.05) is 7.11 Å². The van der Waals surface area contributed by atoms with Crippen molar-refractivity contribution in [3.63, 3.8) is 0 Å². The number of hydrogen-bond donors (Lipinski definition) is 2. The predicted octanol–water partition coefficient (Wildman–Crippen LogP) is 4.84. The first kappa shape index (κ1) is 22.8. The number of carbonyl (C=O) groups is 2. The van der Waals surface area contributed by atoms with Crippen molar-refractivity contribution in [1.82, 2.24) is 10.6 Å². The second-order valence-corrected chi connectivity index (χ2v) is 8.83. The molecule has 0 bridgehead atoms. The number of rotatable bonds is 8. The van der Waals surface area contributed by atoms with Gasteiger partial charge in [0.2, 0.25) is 11.8 Å². The van der Waals surface area contributed by atoms with Gasteiger partial charge in [0.25, 0.3) is 0 Å². The molecule has 0 saturated carbocycles. The summed E-state index contributed by atoms with van der Waals surface area (Å²) in [5.74, 6) is -0.331. The first-order valence-electron chi connectivity index (χ1n) is 11.3. The van der Waals surface area contributed by atoms with E-state index >= 15 is 0 Å². The summed E-state index contributed by atoms with van der Waals surface area (Å²) in [5, 5.41) is 8.45. The number of methoxy groups -OCH3 is 1. The minimum absolute atomic E-state index is 0.0198. The number of nitrogens with one attached hydrogen (secondary N) is 2. The van der Waals surface area contributed by atoms with E-state index in [1.165, 1.54) is 13.2 Å². The van der Waals surface area contributed by atoms with Crippen molar-refractivity contribution >= 4 is 22.6 Å². The van der Waals surface area contributed by atoms with Crippen molar-refractivity contribution < 1.29 is 18.7 Å². The normalized spacial score (nSPS) is 18.7. The fraction of sp³-hybridized carbons (Fsp3) is 0.333. The molecule has 2 amide bonds. The van der Waals surface area contributed by atoms with Crippen molar-refractivity contribution in [2.45, 2.75) is 50.6 Å². The number of hydrogen-bond acceptors (Lipinski definition) is 3. The highest BCUT2D eigenvalue weighted by Crippen LogP contribution is 2.31. The van der Waals surface area contributed by atoms with Gasteiger partial charge in [0.05, 0.1) is 13.2 Å². The van der Waals surface area contributed by atoms with Gasteiger partial charge in [-0.3, -0.25) is 9.59 Å². The van der Waals surface area contributed by atoms with E-state index in [-0.39, 0.29) is 30.0 Å². The minimum Gasteiger partial charge on any atom is -0.494 e. The van der Waals surface area contributed by atoms with Gasteiger partial charge in [-0.1, -0.05) is 48.5 Å². The van der Waals surface area contributed by atoms with Crippen molar-refractivity contribution in [1.29, 1.82) is 0 Å². The zero-order valence-electron chi connectivity index (χ0n) is 19.0. The maximum absolute atomic E-state index is 13.8. The van der Waals surface area contributed by atoms with Crippen molar-refractivity contribution in [3.8, 4) is 5.75 Å². The smallest absolute Gasteiger partial charge is 0.220 e. The van der Waals surface area contributed by atoms with Crippen LogP contribution in [0.5, 0.6) is 5.75 Å². The molecule has 172 valence electrons. The summed E-state index contributed by atoms with van der Waals surface area (Å²) < 4.78 is 18.9. The molecule has 3 aromatic carbocycles. The Labute approximate surface area is 193 Å². The van der Waals surface area contributed by atoms with E-state index in [2.05, 4.69) is 28.8 Å². The lowest BCUT2D eigenvalue weighted by molar-refractivity contribution is -0.123. The van der Waals surface area contributed by atoms with E-state index in [1.807, 2.05) is 31.2 Å². The van der Waals surface area contributed by atoms with Gasteiger partial charge < -0.3 is 15.4 Å². The summed E-state index contributed by atoms with van der Waals surface area (Å²) in [4.78, 5) is 24.9. The largest absolute Gasteiger partial charge is 0.494 e. The third-order valence-corrected chi connectivity index (χ3v) is 6.49. The first-order chi connectivity index (χ1) is 15.9. The van der Waals surface area contributed by atoms with Gasteiger partial charge in [-0.25, -0.2) is 4.39 Å². The van der Waals surface area contributed by atoms with E-state index in [1.54, 1.807) is 12.1 Å². The topological polar surface area (TPSA) is 67.4 Å². The molecule has 3 aromatic rings. The molecular formula is C27H29FN2O3. The van der Waals surface area contributed by atoms with Crippen LogP contribution < -0.4 is 15.4 Å². The minimum atomic E-state index is -0.528. The maximum atomic E-state index is 13.8. The third-order valence-electron chi connectivity index (χ3n) is 6.49. The zero-order valence-corrected chi connectivity index (χ0v) is 19.0. The molecule has 2 atom stereocenters. The van der Waals surface area contributed by atoms with Crippen LogP contribution in [0.15, 0.2) is 60.7 Å². The Balaban J connectivity index is 1.44. The molecule has 0 spiro atoms. The van der Waals surface area contributed by atoms with E-state index in [0.29, 0.717) is 25.7 Å². The Morgan fingerprint density at radius 2 is 1.97 bits per heavy atom. The van der Waals surface area contributed by atoms with Crippen LogP contribution in [0.2, 0.25) is 0 Å². The summed E-state index contributed by atoms with van der Waals surface area (Å²) in [6.07, 6.45) is 2.37. The van der Waals surface area contributed by atoms with Crippen LogP contribution in [0.1, 0.15) is 49.8 Å². The van der Waals surface area contributed by atoms with Gasteiger partial charge in [0.1, 0.15) is 0 Å². The van der Waals surface area contributed by atoms with Gasteiger partial charge >= 0.3 is 0 Å². The average Bonchev–Trinajstić information content (AvgIpc) is 3.19. The molecule has 1 heterocycles. The molecule has 0 aromatic heterocycles. The molecule has 6 heteroatoms. The Hall–Kier alpha value is -3.41. The van der Waals surface area contributed by atoms with Crippen LogP contribution in [0, 0.1) is 5.82 Å². The summed E-state index contributed by atoms with van der Waals surface area (Å²) in [6, 6.07) is 18.8. The molecule has 2 N–H and O–H groups in total. The standard InChI is InChI=1S/C27H29FN2O3/c1-18(21-9-5-7-20-6-3-4-8-22(20)21)29-25(31)12-14-27(15-13-26(32)30-27)17-19-10-11-23(28)24(16-19)33-2/h3-11,16,18H,12-15,17H2,1-2H3,(H,29,31)(H,30,32)/t18-,27+/m1/s1. The van der Waals surface area contributed by atoms with E-state index < -0.39 is 11.4 Å². The summed E-state index contributed by atoms with van der Waals surface area (Å²) in [6.45, 7) is 1.98. The lowest BCUT2D eigenvalue weighted by Gasteiger charge is -2.30. The van der Waals surface area contributed by atoms with Crippen LogP contribution in [0.25, 0.3) is 10.8 Å². The van der Waals surface area contributed by atoms with Gasteiger partial charge in [0.15, 0.2) is 11.6 Å². The molecule has 1 aliphatic heterocycles. The fourth-order valence-corrected chi connectivity index (χ4v) is 4.76. The Kier molecular flexibility index (Phi) is 6.63. The molecule has 1 fully saturated rings. The second kappa shape index (κ2) is 9.61. The monoisotopic (exact) mass is 448 g/mol. The van der Waals surface area contributed by atoms with Crippen molar-refractivity contribution in [3.05, 3.63) is 77.6 Å². The SMILES string of the molecule is COc1cc(C[C@]2(CCC(=O)N[C@H](C)c3cccc4ccccc34)CCC(=O)N2)ccc1F. The predicted molar refractivity (Wildman–Crippen MR) is 127 cm³/mol. The molecular weight excluding hydrogens is 419 g/mol. The van der Waals surface area contributed by atoms with Gasteiger partial charge in [-0.15, -0.1) is 0 Å². The highest BCUT2D eigenvalue weighted by atomic mass is 19.1. The second-order valence-electron chi connectivity index (χ2n) is 8.83. The lowest BCUT2D eigenvalue weighted by atomic mass is 9.84. The molecule has 1 aliphatic rings. The molecule has 0 unspecified atom stereocenters. The summed E-state index contributed by atoms with van der Waals surface area (Å²) in [5.41, 5.74) is 1.41. The quantitative estimate of drug-likeness (QED) is 0.518. The van der Waals surface area contributed by atoms with Gasteiger partial charge in [-0.05, 0) is 60.2 Å². The number of amides is 2.